The van der Waals surface area contributed by atoms with Crippen LogP contribution >= 0.6 is 38.9 Å². The second-order valence-corrected chi connectivity index (χ2v) is 5.12. The van der Waals surface area contributed by atoms with Crippen LogP contribution in [0, 0.1) is 5.82 Å². The molecule has 1 aromatic carbocycles. The van der Waals surface area contributed by atoms with E-state index in [4.69, 9.17) is 11.6 Å². The maximum absolute atomic E-state index is 13.4. The van der Waals surface area contributed by atoms with E-state index in [0.717, 1.165) is 0 Å². The van der Waals surface area contributed by atoms with E-state index in [2.05, 4.69) is 26.1 Å². The first-order valence-corrected chi connectivity index (χ1v) is 5.60. The molecule has 0 N–H and O–H groups in total. The van der Waals surface area contributed by atoms with Crippen molar-refractivity contribution in [2.45, 2.75) is 0 Å². The summed E-state index contributed by atoms with van der Waals surface area (Å²) in [5, 5.41) is 8.35. The fourth-order valence-electron chi connectivity index (χ4n) is 1.01. The van der Waals surface area contributed by atoms with Gasteiger partial charge in [0.05, 0.1) is 10.6 Å². The van der Waals surface area contributed by atoms with E-state index in [1.165, 1.54) is 17.4 Å². The molecule has 0 radical (unpaired) electrons. The van der Waals surface area contributed by atoms with Gasteiger partial charge in [-0.05, 0) is 28.1 Å². The van der Waals surface area contributed by atoms with Crippen molar-refractivity contribution in [1.29, 1.82) is 0 Å². The van der Waals surface area contributed by atoms with Gasteiger partial charge in [0.2, 0.25) is 0 Å². The number of benzene rings is 1. The third-order valence-electron chi connectivity index (χ3n) is 1.58. The Bertz CT molecular complexity index is 454. The number of hydrogen-bond donors (Lipinski definition) is 0. The minimum absolute atomic E-state index is 0.303. The second-order valence-electron chi connectivity index (χ2n) is 2.46. The summed E-state index contributed by atoms with van der Waals surface area (Å²) in [6.45, 7) is 0. The molecule has 2 aromatic rings. The molecule has 0 atom stereocenters. The minimum Gasteiger partial charge on any atom is -0.206 e. The van der Waals surface area contributed by atoms with Crippen LogP contribution in [0.5, 0.6) is 0 Å². The zero-order valence-corrected chi connectivity index (χ0v) is 9.83. The predicted octanol–water partition coefficient (Wildman–Crippen LogP) is 3.76. The number of rotatable bonds is 1. The summed E-state index contributed by atoms with van der Waals surface area (Å²) in [7, 11) is 0. The van der Waals surface area contributed by atoms with Crippen LogP contribution < -0.4 is 0 Å². The molecule has 0 aliphatic carbocycles. The summed E-state index contributed by atoms with van der Waals surface area (Å²) in [5.41, 5.74) is 0.303. The summed E-state index contributed by atoms with van der Waals surface area (Å²) in [4.78, 5) is 0. The van der Waals surface area contributed by atoms with E-state index in [-0.39, 0.29) is 5.82 Å². The SMILES string of the molecule is Fc1cccc(Cl)c1-c1nnc(Br)s1. The molecule has 2 nitrogen and oxygen atoms in total. The Morgan fingerprint density at radius 3 is 2.71 bits per heavy atom. The van der Waals surface area contributed by atoms with Gasteiger partial charge in [-0.3, -0.25) is 0 Å². The zero-order valence-electron chi connectivity index (χ0n) is 6.67. The van der Waals surface area contributed by atoms with Gasteiger partial charge in [-0.25, -0.2) is 4.39 Å². The molecule has 0 saturated carbocycles. The van der Waals surface area contributed by atoms with Crippen molar-refractivity contribution in [3.8, 4) is 10.6 Å². The Labute approximate surface area is 96.9 Å². The Kier molecular flexibility index (Phi) is 2.80. The average molecular weight is 294 g/mol. The largest absolute Gasteiger partial charge is 0.206 e. The third kappa shape index (κ3) is 1.80. The molecule has 1 aromatic heterocycles. The molecule has 0 spiro atoms. The van der Waals surface area contributed by atoms with Gasteiger partial charge in [-0.2, -0.15) is 0 Å². The zero-order chi connectivity index (χ0) is 10.1. The molecule has 14 heavy (non-hydrogen) atoms. The van der Waals surface area contributed by atoms with Crippen molar-refractivity contribution in [3.63, 3.8) is 0 Å². The van der Waals surface area contributed by atoms with E-state index in [9.17, 15) is 4.39 Å². The van der Waals surface area contributed by atoms with E-state index in [0.29, 0.717) is 19.5 Å². The lowest BCUT2D eigenvalue weighted by atomic mass is 10.2. The third-order valence-corrected chi connectivity index (χ3v) is 3.27. The topological polar surface area (TPSA) is 25.8 Å². The highest BCUT2D eigenvalue weighted by Crippen LogP contribution is 2.33. The Morgan fingerprint density at radius 1 is 1.36 bits per heavy atom. The molecular formula is C8H3BrClFN2S. The molecule has 0 bridgehead atoms. The Balaban J connectivity index is 2.61. The highest BCUT2D eigenvalue weighted by atomic mass is 79.9. The van der Waals surface area contributed by atoms with E-state index in [1.807, 2.05) is 0 Å². The summed E-state index contributed by atoms with van der Waals surface area (Å²) in [6, 6.07) is 4.52. The van der Waals surface area contributed by atoms with Gasteiger partial charge in [-0.15, -0.1) is 10.2 Å². The van der Waals surface area contributed by atoms with Gasteiger partial charge < -0.3 is 0 Å². The van der Waals surface area contributed by atoms with Gasteiger partial charge >= 0.3 is 0 Å². The molecule has 0 aliphatic heterocycles. The molecule has 1 heterocycles. The smallest absolute Gasteiger partial charge is 0.183 e. The molecule has 0 fully saturated rings. The van der Waals surface area contributed by atoms with Crippen LogP contribution in [0.15, 0.2) is 22.1 Å². The molecule has 0 aliphatic rings. The monoisotopic (exact) mass is 292 g/mol. The normalized spacial score (nSPS) is 10.5. The van der Waals surface area contributed by atoms with Crippen LogP contribution in [0.4, 0.5) is 4.39 Å². The average Bonchev–Trinajstić information content (AvgIpc) is 2.51. The first kappa shape index (κ1) is 10.0. The molecule has 0 amide bonds. The van der Waals surface area contributed by atoms with E-state index < -0.39 is 0 Å². The summed E-state index contributed by atoms with van der Waals surface area (Å²) in [5.74, 6) is -0.388. The lowest BCUT2D eigenvalue weighted by molar-refractivity contribution is 0.631. The molecular weight excluding hydrogens is 291 g/mol. The van der Waals surface area contributed by atoms with Gasteiger partial charge in [-0.1, -0.05) is 29.0 Å². The number of hydrogen-bond acceptors (Lipinski definition) is 3. The lowest BCUT2D eigenvalue weighted by Gasteiger charge is -1.99. The predicted molar refractivity (Wildman–Crippen MR) is 58.0 cm³/mol. The first-order valence-electron chi connectivity index (χ1n) is 3.62. The minimum atomic E-state index is -0.388. The molecule has 6 heteroatoms. The van der Waals surface area contributed by atoms with Crippen molar-refractivity contribution in [2.75, 3.05) is 0 Å². The standard InChI is InChI=1S/C8H3BrClFN2S/c9-8-13-12-7(14-8)6-4(10)2-1-3-5(6)11/h1-3H. The maximum atomic E-state index is 13.4. The van der Waals surface area contributed by atoms with Crippen LogP contribution in [0.1, 0.15) is 0 Å². The first-order chi connectivity index (χ1) is 6.68. The van der Waals surface area contributed by atoms with E-state index >= 15 is 0 Å². The van der Waals surface area contributed by atoms with Gasteiger partial charge in [0.15, 0.2) is 8.92 Å². The van der Waals surface area contributed by atoms with Gasteiger partial charge in [0.25, 0.3) is 0 Å². The number of halogens is 3. The summed E-state index contributed by atoms with van der Waals surface area (Å²) < 4.78 is 14.0. The summed E-state index contributed by atoms with van der Waals surface area (Å²) >= 11 is 10.3. The molecule has 72 valence electrons. The highest BCUT2D eigenvalue weighted by molar-refractivity contribution is 9.11. The molecule has 0 unspecified atom stereocenters. The quantitative estimate of drug-likeness (QED) is 0.800. The van der Waals surface area contributed by atoms with Crippen molar-refractivity contribution in [2.24, 2.45) is 0 Å². The van der Waals surface area contributed by atoms with Crippen molar-refractivity contribution in [3.05, 3.63) is 33.0 Å². The van der Waals surface area contributed by atoms with Crippen LogP contribution in [0.3, 0.4) is 0 Å². The number of aromatic nitrogens is 2. The lowest BCUT2D eigenvalue weighted by Crippen LogP contribution is -1.84. The maximum Gasteiger partial charge on any atom is 0.183 e. The van der Waals surface area contributed by atoms with Crippen LogP contribution in [0.25, 0.3) is 10.6 Å². The van der Waals surface area contributed by atoms with Crippen molar-refractivity contribution in [1.82, 2.24) is 10.2 Å². The summed E-state index contributed by atoms with van der Waals surface area (Å²) in [6.07, 6.45) is 0. The van der Waals surface area contributed by atoms with Gasteiger partial charge in [0, 0.05) is 0 Å². The highest BCUT2D eigenvalue weighted by Gasteiger charge is 2.13. The van der Waals surface area contributed by atoms with Crippen molar-refractivity contribution >= 4 is 38.9 Å². The fraction of sp³-hybridized carbons (Fsp3) is 0. The molecule has 2 rings (SSSR count). The number of nitrogens with zero attached hydrogens (tertiary/aromatic N) is 2. The van der Waals surface area contributed by atoms with Gasteiger partial charge in [0.1, 0.15) is 5.82 Å². The van der Waals surface area contributed by atoms with E-state index in [1.54, 1.807) is 12.1 Å². The van der Waals surface area contributed by atoms with Crippen LogP contribution in [-0.4, -0.2) is 10.2 Å². The fourth-order valence-corrected chi connectivity index (χ4v) is 2.49. The van der Waals surface area contributed by atoms with Crippen molar-refractivity contribution < 1.29 is 4.39 Å². The molecule has 0 saturated heterocycles. The Morgan fingerprint density at radius 2 is 2.14 bits per heavy atom. The second kappa shape index (κ2) is 3.92. The van der Waals surface area contributed by atoms with Crippen LogP contribution in [-0.2, 0) is 0 Å². The Hall–Kier alpha value is -0.520. The van der Waals surface area contributed by atoms with Crippen LogP contribution in [0.2, 0.25) is 5.02 Å².